The van der Waals surface area contributed by atoms with Crippen molar-refractivity contribution in [3.8, 4) is 0 Å². The molecule has 1 amide bonds. The van der Waals surface area contributed by atoms with Crippen LogP contribution in [-0.4, -0.2) is 12.5 Å². The Morgan fingerprint density at radius 2 is 1.60 bits per heavy atom. The number of carbonyl (C=O) groups excluding carboxylic acids is 1. The molecule has 3 heteroatoms. The molecular formula is C17H20N2O. The zero-order valence-electron chi connectivity index (χ0n) is 11.7. The van der Waals surface area contributed by atoms with E-state index in [0.717, 1.165) is 5.56 Å². The highest BCUT2D eigenvalue weighted by molar-refractivity contribution is 5.78. The van der Waals surface area contributed by atoms with Gasteiger partial charge in [0.05, 0.1) is 6.54 Å². The highest BCUT2D eigenvalue weighted by Gasteiger charge is 2.06. The van der Waals surface area contributed by atoms with Crippen LogP contribution in [0, 0.1) is 0 Å². The van der Waals surface area contributed by atoms with Crippen molar-refractivity contribution in [2.24, 2.45) is 0 Å². The molecule has 0 aliphatic rings. The maximum atomic E-state index is 11.8. The normalized spacial score (nSPS) is 11.8. The summed E-state index contributed by atoms with van der Waals surface area (Å²) in [6, 6.07) is 20.2. The van der Waals surface area contributed by atoms with Crippen LogP contribution in [0.1, 0.15) is 24.1 Å². The molecule has 3 nitrogen and oxygen atoms in total. The molecule has 0 unspecified atom stereocenters. The average Bonchev–Trinajstić information content (AvgIpc) is 2.52. The van der Waals surface area contributed by atoms with Crippen LogP contribution in [0.5, 0.6) is 0 Å². The van der Waals surface area contributed by atoms with E-state index in [4.69, 9.17) is 0 Å². The van der Waals surface area contributed by atoms with Crippen LogP contribution in [0.2, 0.25) is 0 Å². The Balaban J connectivity index is 1.73. The van der Waals surface area contributed by atoms with Crippen LogP contribution in [0.25, 0.3) is 0 Å². The monoisotopic (exact) mass is 268 g/mol. The quantitative estimate of drug-likeness (QED) is 0.845. The smallest absolute Gasteiger partial charge is 0.234 e. The van der Waals surface area contributed by atoms with E-state index in [1.165, 1.54) is 5.56 Å². The Hall–Kier alpha value is -2.13. The van der Waals surface area contributed by atoms with Gasteiger partial charge in [-0.15, -0.1) is 0 Å². The Morgan fingerprint density at radius 3 is 2.25 bits per heavy atom. The molecule has 0 saturated carbocycles. The zero-order valence-corrected chi connectivity index (χ0v) is 11.7. The fraction of sp³-hybridized carbons (Fsp3) is 0.235. The Labute approximate surface area is 120 Å². The van der Waals surface area contributed by atoms with Crippen molar-refractivity contribution in [2.75, 3.05) is 6.54 Å². The lowest BCUT2D eigenvalue weighted by Crippen LogP contribution is -2.34. The third-order valence-corrected chi connectivity index (χ3v) is 3.20. The zero-order chi connectivity index (χ0) is 14.2. The molecule has 1 atom stereocenters. The highest BCUT2D eigenvalue weighted by Crippen LogP contribution is 2.10. The summed E-state index contributed by atoms with van der Waals surface area (Å²) in [4.78, 5) is 11.8. The van der Waals surface area contributed by atoms with Gasteiger partial charge in [-0.25, -0.2) is 0 Å². The molecule has 0 radical (unpaired) electrons. The molecule has 0 bridgehead atoms. The van der Waals surface area contributed by atoms with Crippen LogP contribution in [-0.2, 0) is 11.3 Å². The minimum atomic E-state index is 0.0108. The molecule has 0 aromatic heterocycles. The molecule has 2 aromatic carbocycles. The van der Waals surface area contributed by atoms with Gasteiger partial charge in [0.1, 0.15) is 0 Å². The van der Waals surface area contributed by atoms with Crippen molar-refractivity contribution in [3.63, 3.8) is 0 Å². The minimum Gasteiger partial charge on any atom is -0.351 e. The summed E-state index contributed by atoms with van der Waals surface area (Å²) in [5.74, 6) is 0.0108. The van der Waals surface area contributed by atoms with Crippen molar-refractivity contribution in [2.45, 2.75) is 19.5 Å². The van der Waals surface area contributed by atoms with Gasteiger partial charge in [-0.3, -0.25) is 4.79 Å². The van der Waals surface area contributed by atoms with E-state index < -0.39 is 0 Å². The SMILES string of the molecule is C[C@H](NCC(=O)NCc1ccccc1)c1ccccc1. The van der Waals surface area contributed by atoms with Gasteiger partial charge in [-0.1, -0.05) is 60.7 Å². The van der Waals surface area contributed by atoms with E-state index in [0.29, 0.717) is 13.1 Å². The van der Waals surface area contributed by atoms with Gasteiger partial charge in [-0.2, -0.15) is 0 Å². The van der Waals surface area contributed by atoms with Crippen LogP contribution in [0.4, 0.5) is 0 Å². The second kappa shape index (κ2) is 7.46. The fourth-order valence-corrected chi connectivity index (χ4v) is 1.96. The maximum Gasteiger partial charge on any atom is 0.234 e. The predicted octanol–water partition coefficient (Wildman–Crippen LogP) is 2.65. The van der Waals surface area contributed by atoms with Gasteiger partial charge in [0.15, 0.2) is 0 Å². The van der Waals surface area contributed by atoms with Gasteiger partial charge < -0.3 is 10.6 Å². The molecule has 0 aliphatic heterocycles. The molecule has 20 heavy (non-hydrogen) atoms. The average molecular weight is 268 g/mol. The summed E-state index contributed by atoms with van der Waals surface area (Å²) in [7, 11) is 0. The lowest BCUT2D eigenvalue weighted by Gasteiger charge is -2.14. The van der Waals surface area contributed by atoms with Crippen molar-refractivity contribution in [1.29, 1.82) is 0 Å². The molecule has 0 spiro atoms. The number of hydrogen-bond donors (Lipinski definition) is 2. The largest absolute Gasteiger partial charge is 0.351 e. The van der Waals surface area contributed by atoms with E-state index in [2.05, 4.69) is 29.7 Å². The summed E-state index contributed by atoms with van der Waals surface area (Å²) >= 11 is 0. The first-order valence-electron chi connectivity index (χ1n) is 6.84. The molecule has 104 valence electrons. The van der Waals surface area contributed by atoms with Crippen molar-refractivity contribution in [1.82, 2.24) is 10.6 Å². The molecular weight excluding hydrogens is 248 g/mol. The van der Waals surface area contributed by atoms with E-state index in [9.17, 15) is 4.79 Å². The third-order valence-electron chi connectivity index (χ3n) is 3.20. The molecule has 0 aliphatic carbocycles. The Bertz CT molecular complexity index is 525. The summed E-state index contributed by atoms with van der Waals surface area (Å²) in [6.45, 7) is 2.95. The van der Waals surface area contributed by atoms with Crippen LogP contribution < -0.4 is 10.6 Å². The van der Waals surface area contributed by atoms with E-state index >= 15 is 0 Å². The number of amides is 1. The summed E-state index contributed by atoms with van der Waals surface area (Å²) in [5.41, 5.74) is 2.29. The first kappa shape index (κ1) is 14.3. The molecule has 2 N–H and O–H groups in total. The second-order valence-corrected chi connectivity index (χ2v) is 4.78. The van der Waals surface area contributed by atoms with Crippen molar-refractivity contribution < 1.29 is 4.79 Å². The van der Waals surface area contributed by atoms with E-state index in [1.54, 1.807) is 0 Å². The first-order chi connectivity index (χ1) is 9.75. The van der Waals surface area contributed by atoms with Crippen LogP contribution in [0.3, 0.4) is 0 Å². The Kier molecular flexibility index (Phi) is 5.33. The summed E-state index contributed by atoms with van der Waals surface area (Å²) in [5, 5.41) is 6.13. The predicted molar refractivity (Wildman–Crippen MR) is 81.1 cm³/mol. The molecule has 2 rings (SSSR count). The lowest BCUT2D eigenvalue weighted by molar-refractivity contribution is -0.120. The highest BCUT2D eigenvalue weighted by atomic mass is 16.1. The number of carbonyl (C=O) groups is 1. The number of nitrogens with one attached hydrogen (secondary N) is 2. The number of rotatable bonds is 6. The van der Waals surface area contributed by atoms with Crippen molar-refractivity contribution >= 4 is 5.91 Å². The second-order valence-electron chi connectivity index (χ2n) is 4.78. The van der Waals surface area contributed by atoms with Crippen molar-refractivity contribution in [3.05, 3.63) is 71.8 Å². The number of benzene rings is 2. The molecule has 0 heterocycles. The van der Waals surface area contributed by atoms with Gasteiger partial charge in [0, 0.05) is 12.6 Å². The summed E-state index contributed by atoms with van der Waals surface area (Å²) in [6.07, 6.45) is 0. The first-order valence-corrected chi connectivity index (χ1v) is 6.84. The van der Waals surface area contributed by atoms with E-state index in [1.807, 2.05) is 48.5 Å². The Morgan fingerprint density at radius 1 is 1.00 bits per heavy atom. The fourth-order valence-electron chi connectivity index (χ4n) is 1.96. The standard InChI is InChI=1S/C17H20N2O/c1-14(16-10-6-3-7-11-16)18-13-17(20)19-12-15-8-4-2-5-9-15/h2-11,14,18H,12-13H2,1H3,(H,19,20)/t14-/m0/s1. The lowest BCUT2D eigenvalue weighted by atomic mass is 10.1. The number of hydrogen-bond acceptors (Lipinski definition) is 2. The third kappa shape index (κ3) is 4.52. The van der Waals surface area contributed by atoms with E-state index in [-0.39, 0.29) is 11.9 Å². The maximum absolute atomic E-state index is 11.8. The topological polar surface area (TPSA) is 41.1 Å². The molecule has 0 fully saturated rings. The van der Waals surface area contributed by atoms with Gasteiger partial charge in [0.2, 0.25) is 5.91 Å². The van der Waals surface area contributed by atoms with Gasteiger partial charge in [-0.05, 0) is 18.1 Å². The van der Waals surface area contributed by atoms with Gasteiger partial charge in [0.25, 0.3) is 0 Å². The van der Waals surface area contributed by atoms with Crippen LogP contribution in [0.15, 0.2) is 60.7 Å². The molecule has 0 saturated heterocycles. The summed E-state index contributed by atoms with van der Waals surface area (Å²) < 4.78 is 0. The minimum absolute atomic E-state index is 0.0108. The van der Waals surface area contributed by atoms with Crippen LogP contribution >= 0.6 is 0 Å². The molecule has 2 aromatic rings. The van der Waals surface area contributed by atoms with Gasteiger partial charge >= 0.3 is 0 Å².